The van der Waals surface area contributed by atoms with E-state index in [1.54, 1.807) is 30.2 Å². The van der Waals surface area contributed by atoms with Gasteiger partial charge in [-0.25, -0.2) is 0 Å². The molecule has 1 aliphatic rings. The molecule has 1 amide bonds. The number of carboxylic acids is 1. The number of nitrogens with two attached hydrogens (primary N) is 1. The number of hydrogen-bond acceptors (Lipinski definition) is 6. The molecule has 1 saturated heterocycles. The first kappa shape index (κ1) is 25.4. The van der Waals surface area contributed by atoms with Crippen LogP contribution >= 0.6 is 11.6 Å². The number of amides is 1. The predicted molar refractivity (Wildman–Crippen MR) is 121 cm³/mol. The van der Waals surface area contributed by atoms with Gasteiger partial charge in [-0.3, -0.25) is 14.5 Å². The molecule has 4 N–H and O–H groups in total. The van der Waals surface area contributed by atoms with Crippen LogP contribution in [0.2, 0.25) is 5.02 Å². The van der Waals surface area contributed by atoms with Gasteiger partial charge in [-0.2, -0.15) is 0 Å². The standard InChI is InChI=1S/C22H34ClN3O5/c1-13(2)15(21(29)30)9-19(27)17(24)10-25-11-20(28)26(12-22(25,3)4)18-8-14(31-5)6-7-16(18)23/h6-8,13,15,17,19,27H,9-12,24H2,1-5H3,(H,29,30)/t15-,17-,19-/m0/s1. The van der Waals surface area contributed by atoms with Crippen LogP contribution < -0.4 is 15.4 Å². The van der Waals surface area contributed by atoms with Crippen LogP contribution in [0.15, 0.2) is 18.2 Å². The molecule has 31 heavy (non-hydrogen) atoms. The second-order valence-electron chi connectivity index (χ2n) is 9.15. The van der Waals surface area contributed by atoms with Gasteiger partial charge in [0.2, 0.25) is 5.91 Å². The Morgan fingerprint density at radius 3 is 2.55 bits per heavy atom. The lowest BCUT2D eigenvalue weighted by Crippen LogP contribution is -2.64. The number of anilines is 1. The summed E-state index contributed by atoms with van der Waals surface area (Å²) in [5.74, 6) is -1.27. The number of ether oxygens (including phenoxy) is 1. The second kappa shape index (κ2) is 10.2. The summed E-state index contributed by atoms with van der Waals surface area (Å²) in [7, 11) is 1.55. The molecule has 0 aliphatic carbocycles. The first-order valence-electron chi connectivity index (χ1n) is 10.4. The summed E-state index contributed by atoms with van der Waals surface area (Å²) in [6, 6.07) is 4.49. The van der Waals surface area contributed by atoms with Crippen LogP contribution in [0.5, 0.6) is 5.75 Å². The molecule has 1 heterocycles. The molecule has 174 valence electrons. The van der Waals surface area contributed by atoms with Gasteiger partial charge >= 0.3 is 5.97 Å². The van der Waals surface area contributed by atoms with E-state index in [0.717, 1.165) is 0 Å². The van der Waals surface area contributed by atoms with Gasteiger partial charge in [-0.05, 0) is 38.3 Å². The van der Waals surface area contributed by atoms with E-state index in [0.29, 0.717) is 23.0 Å². The van der Waals surface area contributed by atoms with Gasteiger partial charge in [0.25, 0.3) is 0 Å². The molecule has 1 aromatic carbocycles. The average molecular weight is 456 g/mol. The van der Waals surface area contributed by atoms with E-state index in [1.165, 1.54) is 0 Å². The lowest BCUT2D eigenvalue weighted by atomic mass is 9.87. The molecule has 1 fully saturated rings. The smallest absolute Gasteiger partial charge is 0.306 e. The molecule has 0 bridgehead atoms. The maximum atomic E-state index is 13.0. The highest BCUT2D eigenvalue weighted by Gasteiger charge is 2.40. The number of carbonyl (C=O) groups is 2. The van der Waals surface area contributed by atoms with Gasteiger partial charge in [0.1, 0.15) is 5.75 Å². The summed E-state index contributed by atoms with van der Waals surface area (Å²) in [6.07, 6.45) is -0.915. The summed E-state index contributed by atoms with van der Waals surface area (Å²) < 4.78 is 5.26. The Bertz CT molecular complexity index is 801. The molecule has 0 saturated carbocycles. The number of carbonyl (C=O) groups excluding carboxylic acids is 1. The number of rotatable bonds is 9. The molecular weight excluding hydrogens is 422 g/mol. The van der Waals surface area contributed by atoms with E-state index in [2.05, 4.69) is 0 Å². The van der Waals surface area contributed by atoms with Crippen LogP contribution in [0.25, 0.3) is 0 Å². The summed E-state index contributed by atoms with van der Waals surface area (Å²) in [6.45, 7) is 8.36. The number of nitrogens with zero attached hydrogens (tertiary/aromatic N) is 2. The van der Waals surface area contributed by atoms with Crippen LogP contribution in [0, 0.1) is 11.8 Å². The van der Waals surface area contributed by atoms with Gasteiger partial charge in [0, 0.05) is 30.7 Å². The first-order chi connectivity index (χ1) is 14.4. The zero-order valence-corrected chi connectivity index (χ0v) is 19.6. The fourth-order valence-electron chi connectivity index (χ4n) is 3.86. The Balaban J connectivity index is 2.12. The van der Waals surface area contributed by atoms with Crippen LogP contribution in [0.3, 0.4) is 0 Å². The fourth-order valence-corrected chi connectivity index (χ4v) is 4.08. The van der Waals surface area contributed by atoms with Gasteiger partial charge in [0.05, 0.1) is 36.4 Å². The van der Waals surface area contributed by atoms with E-state index in [9.17, 15) is 19.8 Å². The van der Waals surface area contributed by atoms with E-state index in [4.69, 9.17) is 22.1 Å². The summed E-state index contributed by atoms with van der Waals surface area (Å²) >= 11 is 6.34. The maximum absolute atomic E-state index is 13.0. The molecule has 0 aromatic heterocycles. The summed E-state index contributed by atoms with van der Waals surface area (Å²) in [5, 5.41) is 20.4. The summed E-state index contributed by atoms with van der Waals surface area (Å²) in [5.41, 5.74) is 6.37. The Kier molecular flexibility index (Phi) is 8.33. The lowest BCUT2D eigenvalue weighted by molar-refractivity contribution is -0.144. The van der Waals surface area contributed by atoms with E-state index in [-0.39, 0.29) is 31.3 Å². The Morgan fingerprint density at radius 2 is 2.00 bits per heavy atom. The summed E-state index contributed by atoms with van der Waals surface area (Å²) in [4.78, 5) is 28.0. The minimum absolute atomic E-state index is 0.0714. The number of aliphatic hydroxyl groups is 1. The number of piperazine rings is 1. The van der Waals surface area contributed by atoms with E-state index < -0.39 is 29.6 Å². The molecule has 0 spiro atoms. The molecule has 0 radical (unpaired) electrons. The molecule has 0 unspecified atom stereocenters. The normalized spacial score (nSPS) is 19.9. The number of aliphatic carboxylic acids is 1. The number of benzene rings is 1. The van der Waals surface area contributed by atoms with Crippen molar-refractivity contribution in [2.75, 3.05) is 31.6 Å². The zero-order chi connectivity index (χ0) is 23.5. The third-order valence-electron chi connectivity index (χ3n) is 6.02. The van der Waals surface area contributed by atoms with Crippen LogP contribution in [0.1, 0.15) is 34.1 Å². The van der Waals surface area contributed by atoms with Gasteiger partial charge in [-0.1, -0.05) is 25.4 Å². The third-order valence-corrected chi connectivity index (χ3v) is 6.33. The first-order valence-corrected chi connectivity index (χ1v) is 10.8. The van der Waals surface area contributed by atoms with Crippen molar-refractivity contribution in [1.82, 2.24) is 4.90 Å². The monoisotopic (exact) mass is 455 g/mol. The Labute approximate surface area is 188 Å². The number of halogens is 1. The molecule has 9 heteroatoms. The molecular formula is C22H34ClN3O5. The van der Waals surface area contributed by atoms with Gasteiger partial charge in [-0.15, -0.1) is 0 Å². The van der Waals surface area contributed by atoms with Gasteiger partial charge in [0.15, 0.2) is 0 Å². The minimum atomic E-state index is -0.986. The number of hydrogen-bond donors (Lipinski definition) is 3. The van der Waals surface area contributed by atoms with Crippen molar-refractivity contribution in [3.8, 4) is 5.75 Å². The van der Waals surface area contributed by atoms with Crippen LogP contribution in [0.4, 0.5) is 5.69 Å². The lowest BCUT2D eigenvalue weighted by Gasteiger charge is -2.47. The highest BCUT2D eigenvalue weighted by molar-refractivity contribution is 6.34. The highest BCUT2D eigenvalue weighted by atomic mass is 35.5. The molecule has 8 nitrogen and oxygen atoms in total. The van der Waals surface area contributed by atoms with Crippen molar-refractivity contribution in [2.45, 2.75) is 51.8 Å². The second-order valence-corrected chi connectivity index (χ2v) is 9.55. The minimum Gasteiger partial charge on any atom is -0.497 e. The van der Waals surface area contributed by atoms with Crippen molar-refractivity contribution >= 4 is 29.2 Å². The van der Waals surface area contributed by atoms with Gasteiger partial charge < -0.3 is 25.6 Å². The quantitative estimate of drug-likeness (QED) is 0.522. The zero-order valence-electron chi connectivity index (χ0n) is 18.8. The predicted octanol–water partition coefficient (Wildman–Crippen LogP) is 2.21. The van der Waals surface area contributed by atoms with Crippen molar-refractivity contribution in [3.05, 3.63) is 23.2 Å². The molecule has 2 rings (SSSR count). The van der Waals surface area contributed by atoms with Crippen LogP contribution in [-0.4, -0.2) is 71.4 Å². The molecule has 1 aliphatic heterocycles. The Morgan fingerprint density at radius 1 is 1.35 bits per heavy atom. The molecule has 1 aromatic rings. The average Bonchev–Trinajstić information content (AvgIpc) is 2.68. The largest absolute Gasteiger partial charge is 0.497 e. The maximum Gasteiger partial charge on any atom is 0.306 e. The van der Waals surface area contributed by atoms with Crippen molar-refractivity contribution in [2.24, 2.45) is 17.6 Å². The van der Waals surface area contributed by atoms with E-state index >= 15 is 0 Å². The fraction of sp³-hybridized carbons (Fsp3) is 0.636. The van der Waals surface area contributed by atoms with Crippen molar-refractivity contribution in [1.29, 1.82) is 0 Å². The third kappa shape index (κ3) is 6.10. The van der Waals surface area contributed by atoms with E-state index in [1.807, 2.05) is 32.6 Å². The highest BCUT2D eigenvalue weighted by Crippen LogP contribution is 2.34. The number of carboxylic acid groups (broad SMARTS) is 1. The number of methoxy groups -OCH3 is 1. The SMILES string of the molecule is COc1ccc(Cl)c(N2CC(C)(C)N(C[C@H](N)[C@@H](O)C[C@H](C(=O)O)C(C)C)CC2=O)c1. The van der Waals surface area contributed by atoms with Crippen molar-refractivity contribution in [3.63, 3.8) is 0 Å². The van der Waals surface area contributed by atoms with Crippen LogP contribution in [-0.2, 0) is 9.59 Å². The molecule has 3 atom stereocenters. The van der Waals surface area contributed by atoms with Crippen molar-refractivity contribution < 1.29 is 24.5 Å². The Hall–Kier alpha value is -1.87. The number of aliphatic hydroxyl groups excluding tert-OH is 1. The topological polar surface area (TPSA) is 116 Å².